The van der Waals surface area contributed by atoms with E-state index in [0.29, 0.717) is 11.4 Å². The minimum Gasteiger partial charge on any atom is -0.497 e. The van der Waals surface area contributed by atoms with Crippen molar-refractivity contribution in [3.63, 3.8) is 0 Å². The Hall–Kier alpha value is -2.94. The van der Waals surface area contributed by atoms with Gasteiger partial charge in [0.1, 0.15) is 16.4 Å². The summed E-state index contributed by atoms with van der Waals surface area (Å²) < 4.78 is 38.0. The summed E-state index contributed by atoms with van der Waals surface area (Å²) in [5.41, 5.74) is 0.560. The van der Waals surface area contributed by atoms with Crippen LogP contribution in [0.4, 0.5) is 11.4 Å². The molecule has 0 aliphatic rings. The molecule has 0 saturated heterocycles. The van der Waals surface area contributed by atoms with Gasteiger partial charge in [-0.05, 0) is 30.3 Å². The van der Waals surface area contributed by atoms with Crippen LogP contribution < -0.4 is 19.1 Å². The molecular formula is C17H20N2O6S. The summed E-state index contributed by atoms with van der Waals surface area (Å²) in [6, 6.07) is 8.67. The van der Waals surface area contributed by atoms with Crippen LogP contribution in [0.1, 0.15) is 10.4 Å². The molecule has 140 valence electrons. The number of methoxy groups -OCH3 is 2. The normalized spacial score (nSPS) is 10.9. The van der Waals surface area contributed by atoms with Gasteiger partial charge in [-0.2, -0.15) is 0 Å². The molecule has 0 radical (unpaired) electrons. The van der Waals surface area contributed by atoms with E-state index in [1.54, 1.807) is 25.1 Å². The fraction of sp³-hybridized carbons (Fsp3) is 0.235. The molecule has 0 unspecified atom stereocenters. The smallest absolute Gasteiger partial charge is 0.337 e. The van der Waals surface area contributed by atoms with E-state index in [0.717, 1.165) is 0 Å². The van der Waals surface area contributed by atoms with E-state index in [2.05, 4.69) is 4.72 Å². The molecule has 8 nitrogen and oxygen atoms in total. The van der Waals surface area contributed by atoms with Gasteiger partial charge in [0.2, 0.25) is 0 Å². The number of aromatic carboxylic acids is 1. The second-order valence-corrected chi connectivity index (χ2v) is 7.20. The number of anilines is 2. The van der Waals surface area contributed by atoms with Gasteiger partial charge >= 0.3 is 5.97 Å². The average molecular weight is 380 g/mol. The second-order valence-electron chi connectivity index (χ2n) is 5.55. The average Bonchev–Trinajstić information content (AvgIpc) is 2.60. The molecule has 0 aromatic heterocycles. The SMILES string of the molecule is COc1ccc(OC)c(S(=O)(=O)Nc2ccc(N(C)C)c(C(=O)O)c2)c1. The van der Waals surface area contributed by atoms with Gasteiger partial charge in [0, 0.05) is 25.8 Å². The minimum absolute atomic E-state index is 0.0205. The number of hydrogen-bond acceptors (Lipinski definition) is 6. The highest BCUT2D eigenvalue weighted by molar-refractivity contribution is 7.92. The van der Waals surface area contributed by atoms with Crippen LogP contribution >= 0.6 is 0 Å². The number of carbonyl (C=O) groups is 1. The lowest BCUT2D eigenvalue weighted by Gasteiger charge is -2.17. The maximum Gasteiger partial charge on any atom is 0.337 e. The molecule has 0 fully saturated rings. The van der Waals surface area contributed by atoms with E-state index in [1.807, 2.05) is 0 Å². The predicted molar refractivity (Wildman–Crippen MR) is 98.1 cm³/mol. The first-order valence-electron chi connectivity index (χ1n) is 7.49. The van der Waals surface area contributed by atoms with Crippen LogP contribution in [0.5, 0.6) is 11.5 Å². The highest BCUT2D eigenvalue weighted by atomic mass is 32.2. The molecule has 0 heterocycles. The summed E-state index contributed by atoms with van der Waals surface area (Å²) in [4.78, 5) is 13.0. The molecule has 26 heavy (non-hydrogen) atoms. The Morgan fingerprint density at radius 3 is 2.31 bits per heavy atom. The Morgan fingerprint density at radius 1 is 1.08 bits per heavy atom. The van der Waals surface area contributed by atoms with Crippen LogP contribution in [-0.4, -0.2) is 47.8 Å². The molecule has 2 N–H and O–H groups in total. The summed E-state index contributed by atoms with van der Waals surface area (Å²) in [7, 11) is 2.15. The molecule has 0 amide bonds. The molecule has 0 spiro atoms. The zero-order chi connectivity index (χ0) is 19.5. The molecule has 2 aromatic rings. The topological polar surface area (TPSA) is 105 Å². The van der Waals surface area contributed by atoms with E-state index in [4.69, 9.17) is 9.47 Å². The zero-order valence-corrected chi connectivity index (χ0v) is 15.6. The number of carboxylic acids is 1. The Morgan fingerprint density at radius 2 is 1.77 bits per heavy atom. The second kappa shape index (κ2) is 7.52. The van der Waals surface area contributed by atoms with Crippen molar-refractivity contribution in [2.45, 2.75) is 4.90 Å². The summed E-state index contributed by atoms with van der Waals surface area (Å²) in [5.74, 6) is -0.671. The standard InChI is InChI=1S/C17H20N2O6S/c1-19(2)14-7-5-11(9-13(14)17(20)21)18-26(22,23)16-10-12(24-3)6-8-15(16)25-4/h5-10,18H,1-4H3,(H,20,21). The van der Waals surface area contributed by atoms with Crippen molar-refractivity contribution in [2.24, 2.45) is 0 Å². The molecule has 0 atom stereocenters. The van der Waals surface area contributed by atoms with Crippen LogP contribution in [0.2, 0.25) is 0 Å². The number of rotatable bonds is 7. The van der Waals surface area contributed by atoms with E-state index in [-0.39, 0.29) is 21.9 Å². The molecule has 0 aliphatic carbocycles. The van der Waals surface area contributed by atoms with E-state index < -0.39 is 16.0 Å². The van der Waals surface area contributed by atoms with Crippen LogP contribution in [0.15, 0.2) is 41.3 Å². The first-order valence-corrected chi connectivity index (χ1v) is 8.97. The van der Waals surface area contributed by atoms with Crippen LogP contribution in [0.25, 0.3) is 0 Å². The Bertz CT molecular complexity index is 925. The molecule has 0 aliphatic heterocycles. The highest BCUT2D eigenvalue weighted by Crippen LogP contribution is 2.31. The van der Waals surface area contributed by atoms with Crippen molar-refractivity contribution < 1.29 is 27.8 Å². The van der Waals surface area contributed by atoms with Crippen molar-refractivity contribution in [2.75, 3.05) is 37.9 Å². The minimum atomic E-state index is -4.03. The third-order valence-corrected chi connectivity index (χ3v) is 5.02. The maximum atomic E-state index is 12.7. The summed E-state index contributed by atoms with van der Waals surface area (Å²) >= 11 is 0. The summed E-state index contributed by atoms with van der Waals surface area (Å²) in [6.45, 7) is 0. The lowest BCUT2D eigenvalue weighted by molar-refractivity contribution is 0.0697. The van der Waals surface area contributed by atoms with E-state index in [1.165, 1.54) is 44.6 Å². The third-order valence-electron chi connectivity index (χ3n) is 3.62. The third kappa shape index (κ3) is 3.99. The summed E-state index contributed by atoms with van der Waals surface area (Å²) in [6.07, 6.45) is 0. The predicted octanol–water partition coefficient (Wildman–Crippen LogP) is 2.27. The number of nitrogens with zero attached hydrogens (tertiary/aromatic N) is 1. The molecule has 0 bridgehead atoms. The molecule has 0 saturated carbocycles. The fourth-order valence-corrected chi connectivity index (χ4v) is 3.60. The largest absolute Gasteiger partial charge is 0.497 e. The highest BCUT2D eigenvalue weighted by Gasteiger charge is 2.22. The number of nitrogens with one attached hydrogen (secondary N) is 1. The number of benzene rings is 2. The quantitative estimate of drug-likeness (QED) is 0.759. The molecule has 2 aromatic carbocycles. The van der Waals surface area contributed by atoms with Crippen LogP contribution in [0.3, 0.4) is 0 Å². The van der Waals surface area contributed by atoms with Gasteiger partial charge in [-0.1, -0.05) is 0 Å². The number of sulfonamides is 1. The van der Waals surface area contributed by atoms with Crippen molar-refractivity contribution in [1.82, 2.24) is 0 Å². The van der Waals surface area contributed by atoms with Gasteiger partial charge in [0.05, 0.1) is 25.5 Å². The van der Waals surface area contributed by atoms with Crippen LogP contribution in [0, 0.1) is 0 Å². The number of hydrogen-bond donors (Lipinski definition) is 2. The van der Waals surface area contributed by atoms with E-state index in [9.17, 15) is 18.3 Å². The van der Waals surface area contributed by atoms with Crippen molar-refractivity contribution in [3.8, 4) is 11.5 Å². The monoisotopic (exact) mass is 380 g/mol. The van der Waals surface area contributed by atoms with Crippen molar-refractivity contribution in [3.05, 3.63) is 42.0 Å². The first-order chi connectivity index (χ1) is 12.2. The number of ether oxygens (including phenoxy) is 2. The first kappa shape index (κ1) is 19.4. The van der Waals surface area contributed by atoms with Gasteiger partial charge in [0.15, 0.2) is 0 Å². The lowest BCUT2D eigenvalue weighted by Crippen LogP contribution is -2.17. The maximum absolute atomic E-state index is 12.7. The van der Waals surface area contributed by atoms with Gasteiger partial charge in [-0.3, -0.25) is 4.72 Å². The van der Waals surface area contributed by atoms with Crippen molar-refractivity contribution >= 4 is 27.4 Å². The lowest BCUT2D eigenvalue weighted by atomic mass is 10.1. The summed E-state index contributed by atoms with van der Waals surface area (Å²) in [5, 5.41) is 9.36. The van der Waals surface area contributed by atoms with Gasteiger partial charge in [0.25, 0.3) is 10.0 Å². The van der Waals surface area contributed by atoms with Gasteiger partial charge < -0.3 is 19.5 Å². The fourth-order valence-electron chi connectivity index (χ4n) is 2.36. The molecular weight excluding hydrogens is 360 g/mol. The van der Waals surface area contributed by atoms with Crippen molar-refractivity contribution in [1.29, 1.82) is 0 Å². The van der Waals surface area contributed by atoms with Gasteiger partial charge in [-0.15, -0.1) is 0 Å². The Labute approximate surface area is 152 Å². The Kier molecular flexibility index (Phi) is 5.61. The molecule has 9 heteroatoms. The number of carboxylic acid groups (broad SMARTS) is 1. The Balaban J connectivity index is 2.47. The zero-order valence-electron chi connectivity index (χ0n) is 14.8. The van der Waals surface area contributed by atoms with Gasteiger partial charge in [-0.25, -0.2) is 13.2 Å². The van der Waals surface area contributed by atoms with E-state index >= 15 is 0 Å². The molecule has 2 rings (SSSR count). The van der Waals surface area contributed by atoms with Crippen LogP contribution in [-0.2, 0) is 10.0 Å².